The van der Waals surface area contributed by atoms with Crippen molar-refractivity contribution in [3.8, 4) is 22.9 Å². The minimum atomic E-state index is -0.994. The Morgan fingerprint density at radius 2 is 1.92 bits per heavy atom. The molecule has 3 aromatic carbocycles. The number of alkyl halides is 1. The van der Waals surface area contributed by atoms with Crippen LogP contribution in [0.4, 0.5) is 23.4 Å². The number of carbonyl (C=O) groups is 1. The molecule has 8 rings (SSSR count). The van der Waals surface area contributed by atoms with Gasteiger partial charge >= 0.3 is 6.01 Å². The largest absolute Gasteiger partial charge is 0.508 e. The lowest BCUT2D eigenvalue weighted by Crippen LogP contribution is -2.45. The molecule has 3 atom stereocenters. The number of phenolic OH excluding ortho intramolecular Hbond substituents is 1. The Bertz CT molecular complexity index is 1980. The smallest absolute Gasteiger partial charge is 0.319 e. The number of benzene rings is 3. The molecule has 1 unspecified atom stereocenters. The molecule has 12 heteroatoms. The van der Waals surface area contributed by atoms with Crippen molar-refractivity contribution in [2.45, 2.75) is 63.6 Å². The number of hydrogen-bond acceptors (Lipinski definition) is 7. The summed E-state index contributed by atoms with van der Waals surface area (Å²) in [5.41, 5.74) is -1.19. The van der Waals surface area contributed by atoms with Gasteiger partial charge in [-0.3, -0.25) is 9.69 Å². The van der Waals surface area contributed by atoms with Gasteiger partial charge in [-0.15, -0.1) is 0 Å². The van der Waals surface area contributed by atoms with Crippen LogP contribution in [0.1, 0.15) is 51.0 Å². The molecule has 0 bridgehead atoms. The fourth-order valence-electron chi connectivity index (χ4n) is 8.83. The van der Waals surface area contributed by atoms with E-state index < -0.39 is 34.7 Å². The third kappa shape index (κ3) is 5.02. The number of fused-ring (bicyclic) bond motifs is 3. The van der Waals surface area contributed by atoms with Gasteiger partial charge in [0.1, 0.15) is 41.5 Å². The first-order chi connectivity index (χ1) is 23.1. The molecule has 4 fully saturated rings. The van der Waals surface area contributed by atoms with Gasteiger partial charge < -0.3 is 20.1 Å². The van der Waals surface area contributed by atoms with Crippen LogP contribution in [0, 0.1) is 22.9 Å². The topological polar surface area (TPSA) is 90.8 Å². The Morgan fingerprint density at radius 3 is 2.71 bits per heavy atom. The van der Waals surface area contributed by atoms with Crippen molar-refractivity contribution >= 4 is 33.4 Å². The number of rotatable bonds is 6. The zero-order valence-electron chi connectivity index (χ0n) is 26.7. The van der Waals surface area contributed by atoms with Crippen LogP contribution in [0.15, 0.2) is 30.3 Å². The van der Waals surface area contributed by atoms with Crippen molar-refractivity contribution in [1.82, 2.24) is 20.2 Å². The van der Waals surface area contributed by atoms with E-state index in [-0.39, 0.29) is 64.0 Å². The molecule has 252 valence electrons. The number of aromatic nitrogens is 2. The van der Waals surface area contributed by atoms with Gasteiger partial charge in [-0.1, -0.05) is 13.0 Å². The van der Waals surface area contributed by atoms with E-state index in [0.29, 0.717) is 49.8 Å². The molecular formula is C36H37F4N5O3. The van der Waals surface area contributed by atoms with Crippen molar-refractivity contribution in [3.63, 3.8) is 0 Å². The minimum absolute atomic E-state index is 0.00813. The minimum Gasteiger partial charge on any atom is -0.508 e. The zero-order chi connectivity index (χ0) is 33.4. The van der Waals surface area contributed by atoms with Crippen LogP contribution in [0.25, 0.3) is 32.8 Å². The Morgan fingerprint density at radius 1 is 1.08 bits per heavy atom. The van der Waals surface area contributed by atoms with Gasteiger partial charge in [0.05, 0.1) is 11.1 Å². The monoisotopic (exact) mass is 663 g/mol. The highest BCUT2D eigenvalue weighted by Crippen LogP contribution is 2.45. The molecule has 8 nitrogen and oxygen atoms in total. The molecule has 2 N–H and O–H groups in total. The van der Waals surface area contributed by atoms with Crippen LogP contribution in [0.5, 0.6) is 11.8 Å². The summed E-state index contributed by atoms with van der Waals surface area (Å²) in [6.45, 7) is 4.48. The van der Waals surface area contributed by atoms with Gasteiger partial charge in [-0.05, 0) is 84.8 Å². The number of phenols is 1. The number of halogens is 4. The lowest BCUT2D eigenvalue weighted by atomic mass is 9.79. The highest BCUT2D eigenvalue weighted by Gasteiger charge is 2.49. The molecule has 4 aromatic rings. The van der Waals surface area contributed by atoms with Gasteiger partial charge in [0.25, 0.3) is 0 Å². The second kappa shape index (κ2) is 11.5. The van der Waals surface area contributed by atoms with E-state index in [9.17, 15) is 14.3 Å². The van der Waals surface area contributed by atoms with Crippen molar-refractivity contribution in [2.24, 2.45) is 5.41 Å². The number of nitrogens with zero attached hydrogens (tertiary/aromatic N) is 4. The average Bonchev–Trinajstić information content (AvgIpc) is 3.71. The molecule has 0 radical (unpaired) electrons. The second-order valence-corrected chi connectivity index (χ2v) is 14.1. The standard InChI is InChI=1S/C36H37F4N5O3/c1-2-23-26(38)6-5-20-11-22(46)12-24(29(20)23)30-27(39)13-25-32(31(30)40)42-34(48-19-36-8-4-10-45(36)16-21(37)14-36)43-33(25)44-9-3-7-35(18-44)15-28(47)41-17-35/h5-6,11-13,21,46H,2-4,7-10,14-19H2,1H3,(H,41,47)/t21-,35?,36+/m1/s1. The van der Waals surface area contributed by atoms with E-state index in [1.165, 1.54) is 30.3 Å². The summed E-state index contributed by atoms with van der Waals surface area (Å²) in [5.74, 6) is -2.39. The van der Waals surface area contributed by atoms with Crippen LogP contribution in [0.3, 0.4) is 0 Å². The Hall–Kier alpha value is -4.19. The molecule has 4 aliphatic rings. The van der Waals surface area contributed by atoms with Crippen LogP contribution >= 0.6 is 0 Å². The lowest BCUT2D eigenvalue weighted by Gasteiger charge is -2.40. The highest BCUT2D eigenvalue weighted by molar-refractivity contribution is 6.03. The van der Waals surface area contributed by atoms with E-state index in [2.05, 4.69) is 15.2 Å². The second-order valence-electron chi connectivity index (χ2n) is 14.1. The van der Waals surface area contributed by atoms with Crippen molar-refractivity contribution in [1.29, 1.82) is 0 Å². The summed E-state index contributed by atoms with van der Waals surface area (Å²) >= 11 is 0. The molecule has 4 aliphatic heterocycles. The third-order valence-electron chi connectivity index (χ3n) is 11.0. The van der Waals surface area contributed by atoms with Crippen molar-refractivity contribution in [2.75, 3.05) is 44.2 Å². The van der Waals surface area contributed by atoms with E-state index in [0.717, 1.165) is 32.2 Å². The number of nitrogens with one attached hydrogen (secondary N) is 1. The van der Waals surface area contributed by atoms with E-state index in [1.54, 1.807) is 6.92 Å². The van der Waals surface area contributed by atoms with Crippen LogP contribution in [-0.4, -0.2) is 76.9 Å². The Labute approximate surface area is 275 Å². The number of aromatic hydroxyl groups is 1. The Balaban J connectivity index is 1.29. The maximum atomic E-state index is 17.0. The van der Waals surface area contributed by atoms with E-state index in [1.807, 2.05) is 4.90 Å². The number of carbonyl (C=O) groups excluding carboxylic acids is 1. The first-order valence-electron chi connectivity index (χ1n) is 16.8. The summed E-state index contributed by atoms with van der Waals surface area (Å²) in [4.78, 5) is 25.5. The molecule has 0 saturated carbocycles. The molecule has 5 heterocycles. The van der Waals surface area contributed by atoms with Crippen molar-refractivity contribution < 1.29 is 32.2 Å². The van der Waals surface area contributed by atoms with Crippen LogP contribution in [-0.2, 0) is 11.2 Å². The maximum absolute atomic E-state index is 17.0. The van der Waals surface area contributed by atoms with Crippen LogP contribution in [0.2, 0.25) is 0 Å². The summed E-state index contributed by atoms with van der Waals surface area (Å²) in [6.07, 6.45) is 3.22. The molecule has 1 amide bonds. The molecule has 48 heavy (non-hydrogen) atoms. The number of aryl methyl sites for hydroxylation is 1. The SMILES string of the molecule is CCc1c(F)ccc2cc(O)cc(-c3c(F)cc4c(N5CCCC6(CNC(=O)C6)C5)nc(OC[C@@]56CCCN5C[C@H](F)C6)nc4c3F)c12. The van der Waals surface area contributed by atoms with Crippen molar-refractivity contribution in [3.05, 3.63) is 53.3 Å². The molecule has 4 saturated heterocycles. The number of ether oxygens (including phenoxy) is 1. The third-order valence-corrected chi connectivity index (χ3v) is 11.0. The number of amides is 1. The number of piperidine rings is 1. The highest BCUT2D eigenvalue weighted by atomic mass is 19.1. The quantitative estimate of drug-likeness (QED) is 0.238. The van der Waals surface area contributed by atoms with Crippen LogP contribution < -0.4 is 15.0 Å². The van der Waals surface area contributed by atoms with Gasteiger partial charge in [0, 0.05) is 49.8 Å². The fourth-order valence-corrected chi connectivity index (χ4v) is 8.83. The predicted octanol–water partition coefficient (Wildman–Crippen LogP) is 6.20. The van der Waals surface area contributed by atoms with Gasteiger partial charge in [0.15, 0.2) is 5.82 Å². The lowest BCUT2D eigenvalue weighted by molar-refractivity contribution is -0.119. The Kier molecular flexibility index (Phi) is 7.43. The first-order valence-corrected chi connectivity index (χ1v) is 16.8. The maximum Gasteiger partial charge on any atom is 0.319 e. The summed E-state index contributed by atoms with van der Waals surface area (Å²) in [6, 6.07) is 6.51. The van der Waals surface area contributed by atoms with E-state index >= 15 is 13.2 Å². The van der Waals surface area contributed by atoms with Gasteiger partial charge in [-0.25, -0.2) is 17.6 Å². The molecule has 0 aliphatic carbocycles. The predicted molar refractivity (Wildman–Crippen MR) is 173 cm³/mol. The fraction of sp³-hybridized carbons (Fsp3) is 0.472. The van der Waals surface area contributed by atoms with Gasteiger partial charge in [-0.2, -0.15) is 9.97 Å². The van der Waals surface area contributed by atoms with E-state index in [4.69, 9.17) is 9.72 Å². The number of anilines is 1. The zero-order valence-corrected chi connectivity index (χ0v) is 26.7. The van der Waals surface area contributed by atoms with Gasteiger partial charge in [0.2, 0.25) is 5.91 Å². The summed E-state index contributed by atoms with van der Waals surface area (Å²) < 4.78 is 69.1. The summed E-state index contributed by atoms with van der Waals surface area (Å²) in [5, 5.41) is 14.4. The molecular weight excluding hydrogens is 626 g/mol. The molecule has 1 aromatic heterocycles. The summed E-state index contributed by atoms with van der Waals surface area (Å²) in [7, 11) is 0. The first kappa shape index (κ1) is 31.1. The normalized spacial score (nSPS) is 25.8. The number of hydrogen-bond donors (Lipinski definition) is 2. The average molecular weight is 664 g/mol. The molecule has 1 spiro atoms.